The normalized spacial score (nSPS) is 11.2. The summed E-state index contributed by atoms with van der Waals surface area (Å²) in [4.78, 5) is 0. The van der Waals surface area contributed by atoms with Gasteiger partial charge in [0.05, 0.1) is 16.9 Å². The van der Waals surface area contributed by atoms with E-state index in [1.54, 1.807) is 17.1 Å². The molecular formula is C14H17Cl2N3. The molecule has 0 spiro atoms. The van der Waals surface area contributed by atoms with Crippen LogP contribution in [0.15, 0.2) is 30.6 Å². The maximum atomic E-state index is 6.06. The lowest BCUT2D eigenvalue weighted by Crippen LogP contribution is -2.20. The van der Waals surface area contributed by atoms with E-state index in [0.717, 1.165) is 24.3 Å². The largest absolute Gasteiger partial charge is 0.312 e. The quantitative estimate of drug-likeness (QED) is 0.906. The van der Waals surface area contributed by atoms with Crippen molar-refractivity contribution in [3.8, 4) is 5.69 Å². The number of hydrogen-bond acceptors (Lipinski definition) is 2. The van der Waals surface area contributed by atoms with Crippen molar-refractivity contribution in [2.24, 2.45) is 5.92 Å². The fourth-order valence-electron chi connectivity index (χ4n) is 1.83. The molecule has 1 aromatic carbocycles. The molecule has 0 bridgehead atoms. The average molecular weight is 298 g/mol. The Hall–Kier alpha value is -1.03. The Balaban J connectivity index is 2.23. The molecule has 2 rings (SSSR count). The summed E-state index contributed by atoms with van der Waals surface area (Å²) in [6, 6.07) is 5.81. The van der Waals surface area contributed by atoms with E-state index in [1.807, 2.05) is 18.2 Å². The molecule has 5 heteroatoms. The van der Waals surface area contributed by atoms with Crippen LogP contribution in [-0.4, -0.2) is 16.3 Å². The molecule has 1 heterocycles. The first-order valence-corrected chi connectivity index (χ1v) is 7.01. The molecule has 2 aromatic rings. The van der Waals surface area contributed by atoms with Crippen molar-refractivity contribution in [3.63, 3.8) is 0 Å². The Labute approximate surface area is 123 Å². The fourth-order valence-corrected chi connectivity index (χ4v) is 2.13. The molecule has 0 aliphatic heterocycles. The fraction of sp³-hybridized carbons (Fsp3) is 0.357. The number of benzene rings is 1. The van der Waals surface area contributed by atoms with Crippen molar-refractivity contribution in [1.82, 2.24) is 15.1 Å². The molecule has 0 radical (unpaired) electrons. The van der Waals surface area contributed by atoms with Crippen LogP contribution in [0.2, 0.25) is 10.0 Å². The first kappa shape index (κ1) is 14.4. The molecule has 0 saturated heterocycles. The topological polar surface area (TPSA) is 29.9 Å². The van der Waals surface area contributed by atoms with Gasteiger partial charge in [0.15, 0.2) is 0 Å². The van der Waals surface area contributed by atoms with E-state index in [1.165, 1.54) is 0 Å². The lowest BCUT2D eigenvalue weighted by atomic mass is 10.1. The van der Waals surface area contributed by atoms with Gasteiger partial charge < -0.3 is 5.32 Å². The molecule has 0 atom stereocenters. The summed E-state index contributed by atoms with van der Waals surface area (Å²) in [5.41, 5.74) is 2.10. The highest BCUT2D eigenvalue weighted by Crippen LogP contribution is 2.21. The number of hydrogen-bond donors (Lipinski definition) is 1. The Bertz CT molecular complexity index is 549. The van der Waals surface area contributed by atoms with Gasteiger partial charge in [0, 0.05) is 17.8 Å². The Kier molecular flexibility index (Phi) is 4.86. The average Bonchev–Trinajstić information content (AvgIpc) is 2.77. The van der Waals surface area contributed by atoms with E-state index >= 15 is 0 Å². The molecular weight excluding hydrogens is 281 g/mol. The van der Waals surface area contributed by atoms with Crippen LogP contribution in [-0.2, 0) is 6.54 Å². The van der Waals surface area contributed by atoms with Crippen LogP contribution in [0, 0.1) is 5.92 Å². The van der Waals surface area contributed by atoms with Gasteiger partial charge in [0.25, 0.3) is 0 Å². The van der Waals surface area contributed by atoms with E-state index in [2.05, 4.69) is 24.3 Å². The zero-order valence-electron chi connectivity index (χ0n) is 11.0. The predicted octanol–water partition coefficient (Wildman–Crippen LogP) is 3.92. The number of aromatic nitrogens is 2. The summed E-state index contributed by atoms with van der Waals surface area (Å²) < 4.78 is 1.75. The molecule has 0 aliphatic carbocycles. The number of rotatable bonds is 5. The van der Waals surface area contributed by atoms with Crippen LogP contribution in [0.25, 0.3) is 5.69 Å². The minimum Gasteiger partial charge on any atom is -0.312 e. The highest BCUT2D eigenvalue weighted by atomic mass is 35.5. The van der Waals surface area contributed by atoms with Crippen LogP contribution in [0.5, 0.6) is 0 Å². The first-order chi connectivity index (χ1) is 9.06. The summed E-state index contributed by atoms with van der Waals surface area (Å²) in [7, 11) is 0. The molecule has 1 N–H and O–H groups in total. The Morgan fingerprint density at radius 1 is 1.26 bits per heavy atom. The summed E-state index contributed by atoms with van der Waals surface area (Å²) in [6.45, 7) is 6.12. The van der Waals surface area contributed by atoms with E-state index in [-0.39, 0.29) is 0 Å². The van der Waals surface area contributed by atoms with Crippen LogP contribution < -0.4 is 5.32 Å². The molecule has 0 amide bonds. The minimum absolute atomic E-state index is 0.612. The standard InChI is InChI=1S/C14H17Cl2N3/c1-10(2)6-17-7-11-3-4-12(15)5-14(11)19-9-13(16)8-18-19/h3-5,8-10,17H,6-7H2,1-2H3. The molecule has 1 aromatic heterocycles. The van der Waals surface area contributed by atoms with E-state index in [0.29, 0.717) is 16.0 Å². The van der Waals surface area contributed by atoms with Gasteiger partial charge in [-0.2, -0.15) is 5.10 Å². The zero-order valence-corrected chi connectivity index (χ0v) is 12.5. The number of halogens is 2. The second kappa shape index (κ2) is 6.42. The van der Waals surface area contributed by atoms with Gasteiger partial charge in [-0.15, -0.1) is 0 Å². The van der Waals surface area contributed by atoms with Gasteiger partial charge in [-0.05, 0) is 30.2 Å². The summed E-state index contributed by atoms with van der Waals surface area (Å²) in [6.07, 6.45) is 3.40. The number of nitrogens with zero attached hydrogens (tertiary/aromatic N) is 2. The molecule has 19 heavy (non-hydrogen) atoms. The molecule has 0 unspecified atom stereocenters. The van der Waals surface area contributed by atoms with Crippen molar-refractivity contribution in [3.05, 3.63) is 46.2 Å². The van der Waals surface area contributed by atoms with Gasteiger partial charge >= 0.3 is 0 Å². The third kappa shape index (κ3) is 3.96. The molecule has 3 nitrogen and oxygen atoms in total. The monoisotopic (exact) mass is 297 g/mol. The van der Waals surface area contributed by atoms with E-state index in [4.69, 9.17) is 23.2 Å². The maximum Gasteiger partial charge on any atom is 0.0790 e. The summed E-state index contributed by atoms with van der Waals surface area (Å²) >= 11 is 12.0. The van der Waals surface area contributed by atoms with Gasteiger partial charge in [0.2, 0.25) is 0 Å². The SMILES string of the molecule is CC(C)CNCc1ccc(Cl)cc1-n1cc(Cl)cn1. The van der Waals surface area contributed by atoms with Crippen molar-refractivity contribution < 1.29 is 0 Å². The van der Waals surface area contributed by atoms with E-state index in [9.17, 15) is 0 Å². The summed E-state index contributed by atoms with van der Waals surface area (Å²) in [5.74, 6) is 0.620. The smallest absolute Gasteiger partial charge is 0.0790 e. The lowest BCUT2D eigenvalue weighted by Gasteiger charge is -2.12. The predicted molar refractivity (Wildman–Crippen MR) is 80.1 cm³/mol. The Morgan fingerprint density at radius 3 is 2.68 bits per heavy atom. The third-order valence-corrected chi connectivity index (χ3v) is 3.14. The molecule has 0 aliphatic rings. The zero-order chi connectivity index (χ0) is 13.8. The molecule has 102 valence electrons. The summed E-state index contributed by atoms with van der Waals surface area (Å²) in [5, 5.41) is 8.95. The number of nitrogens with one attached hydrogen (secondary N) is 1. The highest BCUT2D eigenvalue weighted by Gasteiger charge is 2.07. The van der Waals surface area contributed by atoms with Gasteiger partial charge in [-0.25, -0.2) is 4.68 Å². The van der Waals surface area contributed by atoms with Crippen LogP contribution in [0.4, 0.5) is 0 Å². The molecule has 0 fully saturated rings. The van der Waals surface area contributed by atoms with Gasteiger partial charge in [0.1, 0.15) is 0 Å². The van der Waals surface area contributed by atoms with Crippen molar-refractivity contribution in [2.75, 3.05) is 6.54 Å². The van der Waals surface area contributed by atoms with Crippen LogP contribution in [0.3, 0.4) is 0 Å². The second-order valence-corrected chi connectivity index (χ2v) is 5.77. The van der Waals surface area contributed by atoms with E-state index < -0.39 is 0 Å². The first-order valence-electron chi connectivity index (χ1n) is 6.26. The molecule has 0 saturated carbocycles. The highest BCUT2D eigenvalue weighted by molar-refractivity contribution is 6.31. The van der Waals surface area contributed by atoms with Crippen molar-refractivity contribution in [2.45, 2.75) is 20.4 Å². The van der Waals surface area contributed by atoms with Crippen LogP contribution in [0.1, 0.15) is 19.4 Å². The Morgan fingerprint density at radius 2 is 2.05 bits per heavy atom. The minimum atomic E-state index is 0.612. The van der Waals surface area contributed by atoms with Crippen molar-refractivity contribution >= 4 is 23.2 Å². The third-order valence-electron chi connectivity index (χ3n) is 2.71. The van der Waals surface area contributed by atoms with Gasteiger partial charge in [-0.1, -0.05) is 43.1 Å². The lowest BCUT2D eigenvalue weighted by molar-refractivity contribution is 0.551. The second-order valence-electron chi connectivity index (χ2n) is 4.90. The van der Waals surface area contributed by atoms with Gasteiger partial charge in [-0.3, -0.25) is 0 Å². The maximum absolute atomic E-state index is 6.06. The van der Waals surface area contributed by atoms with Crippen molar-refractivity contribution in [1.29, 1.82) is 0 Å². The van der Waals surface area contributed by atoms with Crippen LogP contribution >= 0.6 is 23.2 Å².